The smallest absolute Gasteiger partial charge is 0.145 e. The van der Waals surface area contributed by atoms with Gasteiger partial charge in [-0.2, -0.15) is 0 Å². The molecule has 6 rings (SSSR count). The number of aryl methyl sites for hydroxylation is 1. The summed E-state index contributed by atoms with van der Waals surface area (Å²) in [4.78, 5) is 0. The van der Waals surface area contributed by atoms with E-state index < -0.39 is 0 Å². The quantitative estimate of drug-likeness (QED) is 0.328. The fourth-order valence-electron chi connectivity index (χ4n) is 4.55. The van der Waals surface area contributed by atoms with Crippen molar-refractivity contribution in [1.29, 1.82) is 0 Å². The second kappa shape index (κ2) is 5.89. The molecule has 6 aromatic rings. The summed E-state index contributed by atoms with van der Waals surface area (Å²) in [5, 5.41) is 4.73. The summed E-state index contributed by atoms with van der Waals surface area (Å²) >= 11 is 0. The second-order valence-corrected chi connectivity index (χ2v) is 7.43. The molecule has 0 aliphatic heterocycles. The van der Waals surface area contributed by atoms with Crippen molar-refractivity contribution in [2.24, 2.45) is 7.05 Å². The van der Waals surface area contributed by atoms with E-state index in [0.29, 0.717) is 0 Å². The Kier molecular flexibility index (Phi) is 3.30. The highest BCUT2D eigenvalue weighted by Gasteiger charge is 2.20. The van der Waals surface area contributed by atoms with E-state index in [2.05, 4.69) is 72.3 Å². The molecule has 0 fully saturated rings. The van der Waals surface area contributed by atoms with Gasteiger partial charge in [0, 0.05) is 45.7 Å². The van der Waals surface area contributed by atoms with E-state index >= 15 is 0 Å². The third-order valence-corrected chi connectivity index (χ3v) is 5.90. The molecule has 4 aromatic carbocycles. The van der Waals surface area contributed by atoms with Crippen molar-refractivity contribution < 1.29 is 9.15 Å². The van der Waals surface area contributed by atoms with Gasteiger partial charge in [-0.25, -0.2) is 0 Å². The van der Waals surface area contributed by atoms with Gasteiger partial charge in [0.2, 0.25) is 0 Å². The lowest BCUT2D eigenvalue weighted by Crippen LogP contribution is -1.90. The Morgan fingerprint density at radius 1 is 0.759 bits per heavy atom. The van der Waals surface area contributed by atoms with Crippen LogP contribution in [-0.4, -0.2) is 11.7 Å². The van der Waals surface area contributed by atoms with Crippen molar-refractivity contribution >= 4 is 43.7 Å². The molecule has 0 spiro atoms. The van der Waals surface area contributed by atoms with Gasteiger partial charge in [0.05, 0.1) is 12.6 Å². The lowest BCUT2D eigenvalue weighted by atomic mass is 9.98. The van der Waals surface area contributed by atoms with Crippen molar-refractivity contribution in [2.75, 3.05) is 7.11 Å². The summed E-state index contributed by atoms with van der Waals surface area (Å²) < 4.78 is 14.1. The standard InChI is InChI=1S/C26H19NO2/c1-27-22-11-7-6-10-18(22)20-15-21-19-13-12-17(28-2)14-23(19)29-26(21)24(25(20)27)16-8-4-3-5-9-16/h3-15H,1-2H3. The molecule has 0 aliphatic carbocycles. The summed E-state index contributed by atoms with van der Waals surface area (Å²) in [6.45, 7) is 0. The lowest BCUT2D eigenvalue weighted by Gasteiger charge is -2.08. The SMILES string of the molecule is COc1ccc2c(c1)oc1c(-c3ccccc3)c3c(cc12)c1ccccc1n3C. The number of hydrogen-bond donors (Lipinski definition) is 0. The first-order valence-electron chi connectivity index (χ1n) is 9.72. The van der Waals surface area contributed by atoms with Gasteiger partial charge in [-0.15, -0.1) is 0 Å². The minimum Gasteiger partial charge on any atom is -0.497 e. The normalized spacial score (nSPS) is 11.8. The molecule has 0 bridgehead atoms. The van der Waals surface area contributed by atoms with Gasteiger partial charge in [-0.3, -0.25) is 0 Å². The molecule has 0 radical (unpaired) electrons. The fourth-order valence-corrected chi connectivity index (χ4v) is 4.55. The van der Waals surface area contributed by atoms with Crippen LogP contribution in [0.4, 0.5) is 0 Å². The summed E-state index contributed by atoms with van der Waals surface area (Å²) in [6, 6.07) is 27.4. The van der Waals surface area contributed by atoms with Gasteiger partial charge in [0.25, 0.3) is 0 Å². The van der Waals surface area contributed by atoms with Crippen LogP contribution in [-0.2, 0) is 7.05 Å². The number of nitrogens with zero attached hydrogens (tertiary/aromatic N) is 1. The van der Waals surface area contributed by atoms with Crippen LogP contribution in [0.25, 0.3) is 54.9 Å². The maximum Gasteiger partial charge on any atom is 0.145 e. The van der Waals surface area contributed by atoms with Gasteiger partial charge < -0.3 is 13.7 Å². The Labute approximate surface area is 167 Å². The molecule has 0 atom stereocenters. The topological polar surface area (TPSA) is 27.3 Å². The molecule has 2 aromatic heterocycles. The van der Waals surface area contributed by atoms with E-state index in [-0.39, 0.29) is 0 Å². The Morgan fingerprint density at radius 3 is 2.38 bits per heavy atom. The molecule has 0 amide bonds. The molecule has 0 aliphatic rings. The van der Waals surface area contributed by atoms with Crippen LogP contribution >= 0.6 is 0 Å². The minimum atomic E-state index is 0.799. The van der Waals surface area contributed by atoms with Crippen molar-refractivity contribution in [3.05, 3.63) is 78.9 Å². The van der Waals surface area contributed by atoms with Crippen molar-refractivity contribution in [3.63, 3.8) is 0 Å². The number of fused-ring (bicyclic) bond motifs is 6. The Morgan fingerprint density at radius 2 is 1.55 bits per heavy atom. The van der Waals surface area contributed by atoms with Gasteiger partial charge in [0.1, 0.15) is 16.9 Å². The van der Waals surface area contributed by atoms with Crippen LogP contribution < -0.4 is 4.74 Å². The first-order chi connectivity index (χ1) is 14.3. The molecule has 140 valence electrons. The summed E-state index contributed by atoms with van der Waals surface area (Å²) in [7, 11) is 3.81. The number of methoxy groups -OCH3 is 1. The van der Waals surface area contributed by atoms with Crippen molar-refractivity contribution in [1.82, 2.24) is 4.57 Å². The third-order valence-electron chi connectivity index (χ3n) is 5.90. The maximum atomic E-state index is 6.45. The number of para-hydroxylation sites is 1. The Bertz CT molecular complexity index is 1540. The van der Waals surface area contributed by atoms with Crippen molar-refractivity contribution in [3.8, 4) is 16.9 Å². The molecule has 3 nitrogen and oxygen atoms in total. The van der Waals surface area contributed by atoms with E-state index in [9.17, 15) is 0 Å². The van der Waals surface area contributed by atoms with E-state index in [1.54, 1.807) is 7.11 Å². The zero-order valence-electron chi connectivity index (χ0n) is 16.3. The van der Waals surface area contributed by atoms with Gasteiger partial charge in [-0.05, 0) is 29.8 Å². The largest absolute Gasteiger partial charge is 0.497 e. The highest BCUT2D eigenvalue weighted by Crippen LogP contribution is 2.44. The molecule has 29 heavy (non-hydrogen) atoms. The van der Waals surface area contributed by atoms with E-state index in [1.165, 1.54) is 21.8 Å². The monoisotopic (exact) mass is 377 g/mol. The highest BCUT2D eigenvalue weighted by molar-refractivity contribution is 6.23. The van der Waals surface area contributed by atoms with Crippen LogP contribution in [0, 0.1) is 0 Å². The summed E-state index contributed by atoms with van der Waals surface area (Å²) in [6.07, 6.45) is 0. The summed E-state index contributed by atoms with van der Waals surface area (Å²) in [5.41, 5.74) is 6.45. The third kappa shape index (κ3) is 2.18. The average molecular weight is 377 g/mol. The number of aromatic nitrogens is 1. The maximum absolute atomic E-state index is 6.45. The lowest BCUT2D eigenvalue weighted by molar-refractivity contribution is 0.414. The first kappa shape index (κ1) is 16.3. The molecule has 0 saturated carbocycles. The number of benzene rings is 4. The predicted octanol–water partition coefficient (Wildman–Crippen LogP) is 6.91. The van der Waals surface area contributed by atoms with Gasteiger partial charge >= 0.3 is 0 Å². The van der Waals surface area contributed by atoms with Crippen LogP contribution in [0.5, 0.6) is 5.75 Å². The molecular formula is C26H19NO2. The minimum absolute atomic E-state index is 0.799. The van der Waals surface area contributed by atoms with Crippen LogP contribution in [0.3, 0.4) is 0 Å². The van der Waals surface area contributed by atoms with E-state index in [0.717, 1.165) is 38.8 Å². The molecule has 2 heterocycles. The zero-order valence-corrected chi connectivity index (χ0v) is 16.3. The second-order valence-electron chi connectivity index (χ2n) is 7.43. The van der Waals surface area contributed by atoms with Crippen molar-refractivity contribution in [2.45, 2.75) is 0 Å². The fraction of sp³-hybridized carbons (Fsp3) is 0.0769. The van der Waals surface area contributed by atoms with Crippen LogP contribution in [0.2, 0.25) is 0 Å². The average Bonchev–Trinajstić information content (AvgIpc) is 3.28. The Balaban J connectivity index is 1.89. The summed E-state index contributed by atoms with van der Waals surface area (Å²) in [5.74, 6) is 0.799. The molecule has 0 N–H and O–H groups in total. The van der Waals surface area contributed by atoms with Crippen LogP contribution in [0.1, 0.15) is 0 Å². The van der Waals surface area contributed by atoms with Crippen LogP contribution in [0.15, 0.2) is 83.3 Å². The first-order valence-corrected chi connectivity index (χ1v) is 9.72. The molecule has 3 heteroatoms. The number of rotatable bonds is 2. The number of furan rings is 1. The highest BCUT2D eigenvalue weighted by atomic mass is 16.5. The van der Waals surface area contributed by atoms with E-state index in [1.807, 2.05) is 18.2 Å². The van der Waals surface area contributed by atoms with Gasteiger partial charge in [0.15, 0.2) is 0 Å². The molecule has 0 saturated heterocycles. The number of hydrogen-bond acceptors (Lipinski definition) is 2. The molecule has 0 unspecified atom stereocenters. The van der Waals surface area contributed by atoms with Gasteiger partial charge in [-0.1, -0.05) is 48.5 Å². The number of ether oxygens (including phenoxy) is 1. The Hall–Kier alpha value is -3.72. The van der Waals surface area contributed by atoms with E-state index in [4.69, 9.17) is 9.15 Å². The zero-order chi connectivity index (χ0) is 19.5. The molecular weight excluding hydrogens is 358 g/mol. The predicted molar refractivity (Wildman–Crippen MR) is 120 cm³/mol.